The number of aromatic nitrogens is 1. The van der Waals surface area contributed by atoms with Gasteiger partial charge in [0.25, 0.3) is 5.91 Å². The van der Waals surface area contributed by atoms with Crippen LogP contribution < -0.4 is 5.73 Å². The highest BCUT2D eigenvalue weighted by Gasteiger charge is 2.28. The fraction of sp³-hybridized carbons (Fsp3) is 0.208. The smallest absolute Gasteiger partial charge is 0.254 e. The number of rotatable bonds is 3. The molecule has 2 N–H and O–H groups in total. The lowest BCUT2D eigenvalue weighted by molar-refractivity contribution is 0.0303. The Morgan fingerprint density at radius 2 is 1.77 bits per heavy atom. The van der Waals surface area contributed by atoms with Crippen LogP contribution in [0.3, 0.4) is 0 Å². The second-order valence-corrected chi connectivity index (χ2v) is 8.14. The Bertz CT molecular complexity index is 1200. The summed E-state index contributed by atoms with van der Waals surface area (Å²) in [7, 11) is 0. The number of nitrogens with zero attached hydrogens (tertiary/aromatic N) is 2. The molecule has 1 aliphatic heterocycles. The van der Waals surface area contributed by atoms with Crippen molar-refractivity contribution in [2.24, 2.45) is 5.73 Å². The predicted octanol–water partition coefficient (Wildman–Crippen LogP) is 3.54. The highest BCUT2D eigenvalue weighted by Crippen LogP contribution is 2.39. The highest BCUT2D eigenvalue weighted by molar-refractivity contribution is 6.30. The SMILES string of the molecule is NC(=O)c1cc(-c2ccc(Cl)cc2)nc2c1Cc1cc(C(=O)N3CCOCC3)ccc1-2. The fourth-order valence-electron chi connectivity index (χ4n) is 4.21. The topological polar surface area (TPSA) is 85.5 Å². The number of benzene rings is 2. The highest BCUT2D eigenvalue weighted by atomic mass is 35.5. The summed E-state index contributed by atoms with van der Waals surface area (Å²) >= 11 is 6.01. The molecule has 2 aromatic carbocycles. The van der Waals surface area contributed by atoms with Gasteiger partial charge in [0.15, 0.2) is 0 Å². The van der Waals surface area contributed by atoms with E-state index in [-0.39, 0.29) is 5.91 Å². The first-order valence-electron chi connectivity index (χ1n) is 10.1. The third-order valence-corrected chi connectivity index (χ3v) is 6.05. The number of nitrogens with two attached hydrogens (primary N) is 1. The van der Waals surface area contributed by atoms with Crippen molar-refractivity contribution >= 4 is 23.4 Å². The molecule has 2 heterocycles. The summed E-state index contributed by atoms with van der Waals surface area (Å²) in [4.78, 5) is 31.8. The number of amides is 2. The van der Waals surface area contributed by atoms with Crippen LogP contribution in [0.15, 0.2) is 48.5 Å². The number of hydrogen-bond acceptors (Lipinski definition) is 4. The van der Waals surface area contributed by atoms with E-state index in [1.165, 1.54) is 0 Å². The van der Waals surface area contributed by atoms with E-state index in [4.69, 9.17) is 27.1 Å². The Kier molecular flexibility index (Phi) is 4.96. The number of carbonyl (C=O) groups is 2. The number of pyridine rings is 1. The molecule has 1 aromatic heterocycles. The van der Waals surface area contributed by atoms with Gasteiger partial charge in [-0.05, 0) is 41.5 Å². The van der Waals surface area contributed by atoms with E-state index in [1.807, 2.05) is 30.3 Å². The fourth-order valence-corrected chi connectivity index (χ4v) is 4.33. The monoisotopic (exact) mass is 433 g/mol. The van der Waals surface area contributed by atoms with Gasteiger partial charge in [-0.3, -0.25) is 9.59 Å². The third-order valence-electron chi connectivity index (χ3n) is 5.80. The molecule has 1 aliphatic carbocycles. The van der Waals surface area contributed by atoms with Gasteiger partial charge in [0.1, 0.15) is 0 Å². The van der Waals surface area contributed by atoms with Crippen LogP contribution in [0.2, 0.25) is 5.02 Å². The molecule has 2 amide bonds. The van der Waals surface area contributed by atoms with Gasteiger partial charge in [-0.1, -0.05) is 29.8 Å². The van der Waals surface area contributed by atoms with E-state index in [2.05, 4.69) is 0 Å². The summed E-state index contributed by atoms with van der Waals surface area (Å²) < 4.78 is 5.34. The molecule has 1 saturated heterocycles. The molecule has 0 saturated carbocycles. The van der Waals surface area contributed by atoms with Gasteiger partial charge in [-0.25, -0.2) is 4.98 Å². The van der Waals surface area contributed by atoms with Crippen LogP contribution in [-0.4, -0.2) is 48.0 Å². The Balaban J connectivity index is 1.56. The lowest BCUT2D eigenvalue weighted by atomic mass is 10.0. The third kappa shape index (κ3) is 3.58. The molecule has 0 unspecified atom stereocenters. The van der Waals surface area contributed by atoms with E-state index in [9.17, 15) is 9.59 Å². The van der Waals surface area contributed by atoms with E-state index in [0.717, 1.165) is 27.9 Å². The van der Waals surface area contributed by atoms with Gasteiger partial charge in [0.05, 0.1) is 24.6 Å². The first-order valence-corrected chi connectivity index (χ1v) is 10.5. The average Bonchev–Trinajstić information content (AvgIpc) is 3.16. The molecule has 31 heavy (non-hydrogen) atoms. The maximum Gasteiger partial charge on any atom is 0.254 e. The predicted molar refractivity (Wildman–Crippen MR) is 118 cm³/mol. The summed E-state index contributed by atoms with van der Waals surface area (Å²) in [6.45, 7) is 2.30. The number of hydrogen-bond donors (Lipinski definition) is 1. The number of carbonyl (C=O) groups excluding carboxylic acids is 2. The number of primary amides is 1. The average molecular weight is 434 g/mol. The summed E-state index contributed by atoms with van der Waals surface area (Å²) in [5, 5.41) is 0.628. The lowest BCUT2D eigenvalue weighted by Crippen LogP contribution is -2.40. The number of halogens is 1. The molecule has 2 aliphatic rings. The molecular formula is C24H20ClN3O3. The van der Waals surface area contributed by atoms with Crippen LogP contribution in [0.4, 0.5) is 0 Å². The second-order valence-electron chi connectivity index (χ2n) is 7.71. The zero-order valence-corrected chi connectivity index (χ0v) is 17.5. The van der Waals surface area contributed by atoms with Crippen molar-refractivity contribution in [1.29, 1.82) is 0 Å². The molecular weight excluding hydrogens is 414 g/mol. The van der Waals surface area contributed by atoms with Crippen LogP contribution in [0.25, 0.3) is 22.5 Å². The van der Waals surface area contributed by atoms with Gasteiger partial charge in [-0.2, -0.15) is 0 Å². The van der Waals surface area contributed by atoms with Crippen LogP contribution in [0.5, 0.6) is 0 Å². The first kappa shape index (κ1) is 19.7. The molecule has 5 rings (SSSR count). The largest absolute Gasteiger partial charge is 0.378 e. The maximum absolute atomic E-state index is 12.9. The van der Waals surface area contributed by atoms with Crippen LogP contribution in [0.1, 0.15) is 31.8 Å². The van der Waals surface area contributed by atoms with Crippen molar-refractivity contribution in [2.45, 2.75) is 6.42 Å². The van der Waals surface area contributed by atoms with E-state index in [0.29, 0.717) is 54.6 Å². The second kappa shape index (κ2) is 7.80. The van der Waals surface area contributed by atoms with E-state index in [1.54, 1.807) is 23.1 Å². The number of fused-ring (bicyclic) bond motifs is 3. The minimum absolute atomic E-state index is 0.00741. The quantitative estimate of drug-likeness (QED) is 0.535. The van der Waals surface area contributed by atoms with E-state index >= 15 is 0 Å². The molecule has 3 aromatic rings. The molecule has 7 heteroatoms. The Labute approximate surface area is 184 Å². The molecule has 0 atom stereocenters. The Morgan fingerprint density at radius 1 is 1.03 bits per heavy atom. The summed E-state index contributed by atoms with van der Waals surface area (Å²) in [5.41, 5.74) is 11.7. The van der Waals surface area contributed by atoms with Crippen molar-refractivity contribution < 1.29 is 14.3 Å². The minimum atomic E-state index is -0.494. The summed E-state index contributed by atoms with van der Waals surface area (Å²) in [6, 6.07) is 14.7. The van der Waals surface area contributed by atoms with Crippen LogP contribution in [-0.2, 0) is 11.2 Å². The number of ether oxygens (including phenoxy) is 1. The molecule has 156 valence electrons. The first-order chi connectivity index (χ1) is 15.0. The maximum atomic E-state index is 12.9. The molecule has 0 bridgehead atoms. The zero-order valence-electron chi connectivity index (χ0n) is 16.7. The molecule has 1 fully saturated rings. The lowest BCUT2D eigenvalue weighted by Gasteiger charge is -2.27. The van der Waals surface area contributed by atoms with Crippen molar-refractivity contribution in [1.82, 2.24) is 9.88 Å². The van der Waals surface area contributed by atoms with Gasteiger partial charge in [-0.15, -0.1) is 0 Å². The molecule has 0 radical (unpaired) electrons. The van der Waals surface area contributed by atoms with Gasteiger partial charge in [0, 0.05) is 46.8 Å². The van der Waals surface area contributed by atoms with E-state index < -0.39 is 5.91 Å². The van der Waals surface area contributed by atoms with Crippen molar-refractivity contribution in [3.8, 4) is 22.5 Å². The van der Waals surface area contributed by atoms with Gasteiger partial charge in [0.2, 0.25) is 5.91 Å². The van der Waals surface area contributed by atoms with Crippen molar-refractivity contribution in [2.75, 3.05) is 26.3 Å². The summed E-state index contributed by atoms with van der Waals surface area (Å²) in [6.07, 6.45) is 0.515. The Morgan fingerprint density at radius 3 is 2.48 bits per heavy atom. The number of morpholine rings is 1. The van der Waals surface area contributed by atoms with Gasteiger partial charge >= 0.3 is 0 Å². The normalized spacial score (nSPS) is 14.8. The molecule has 6 nitrogen and oxygen atoms in total. The van der Waals surface area contributed by atoms with Crippen molar-refractivity contribution in [3.05, 3.63) is 75.8 Å². The van der Waals surface area contributed by atoms with Gasteiger partial charge < -0.3 is 15.4 Å². The van der Waals surface area contributed by atoms with Crippen LogP contribution in [0, 0.1) is 0 Å². The summed E-state index contributed by atoms with van der Waals surface area (Å²) in [5.74, 6) is -0.502. The standard InChI is InChI=1S/C24H20ClN3O3/c25-17-4-1-14(2-5-17)21-13-20(23(26)29)19-12-16-11-15(3-6-18(16)22(19)27-21)24(30)28-7-9-31-10-8-28/h1-6,11,13H,7-10,12H2,(H2,26,29). The van der Waals surface area contributed by atoms with Crippen molar-refractivity contribution in [3.63, 3.8) is 0 Å². The molecule has 0 spiro atoms. The van der Waals surface area contributed by atoms with Crippen LogP contribution >= 0.6 is 11.6 Å². The minimum Gasteiger partial charge on any atom is -0.378 e. The Hall–Kier alpha value is -3.22. The zero-order chi connectivity index (χ0) is 21.5.